The van der Waals surface area contributed by atoms with E-state index >= 15 is 0 Å². The van der Waals surface area contributed by atoms with Crippen molar-refractivity contribution >= 4 is 56.0 Å². The number of aromatic nitrogens is 1. The second-order valence-corrected chi connectivity index (χ2v) is 9.54. The maximum Gasteiger partial charge on any atom is 0.238 e. The van der Waals surface area contributed by atoms with Gasteiger partial charge < -0.3 is 4.74 Å². The van der Waals surface area contributed by atoms with E-state index in [0.717, 1.165) is 46.1 Å². The van der Waals surface area contributed by atoms with Crippen LogP contribution in [0.1, 0.15) is 24.0 Å². The van der Waals surface area contributed by atoms with Crippen LogP contribution < -0.4 is 4.90 Å². The molecule has 4 nitrogen and oxygen atoms in total. The Morgan fingerprint density at radius 2 is 2.14 bits per heavy atom. The highest BCUT2D eigenvalue weighted by Gasteiger charge is 2.26. The summed E-state index contributed by atoms with van der Waals surface area (Å²) in [5.41, 5.74) is 3.05. The smallest absolute Gasteiger partial charge is 0.238 e. The summed E-state index contributed by atoms with van der Waals surface area (Å²) in [6, 6.07) is 14.1. The van der Waals surface area contributed by atoms with Gasteiger partial charge in [0.05, 0.1) is 28.6 Å². The van der Waals surface area contributed by atoms with E-state index in [-0.39, 0.29) is 12.0 Å². The molecule has 1 aromatic heterocycles. The number of ether oxygens (including phenoxy) is 1. The van der Waals surface area contributed by atoms with Crippen LogP contribution in [0.4, 0.5) is 5.13 Å². The summed E-state index contributed by atoms with van der Waals surface area (Å²) in [4.78, 5) is 19.7. The van der Waals surface area contributed by atoms with Crippen molar-refractivity contribution in [2.45, 2.75) is 31.6 Å². The Morgan fingerprint density at radius 1 is 1.31 bits per heavy atom. The Balaban J connectivity index is 1.52. The number of aryl methyl sites for hydroxylation is 1. The van der Waals surface area contributed by atoms with Gasteiger partial charge in [0, 0.05) is 17.4 Å². The number of carbonyl (C=O) groups is 1. The van der Waals surface area contributed by atoms with E-state index in [1.54, 1.807) is 23.1 Å². The van der Waals surface area contributed by atoms with Crippen LogP contribution in [-0.2, 0) is 15.3 Å². The molecule has 1 saturated heterocycles. The third-order valence-electron chi connectivity index (χ3n) is 5.02. The molecular formula is C22H23ClN2O2S2. The first-order chi connectivity index (χ1) is 14.1. The summed E-state index contributed by atoms with van der Waals surface area (Å²) in [5, 5.41) is 1.43. The standard InChI is InChI=1S/C22H23ClN2O2S2/c1-15-18(23)9-10-19-21(15)24-22(29-19)25(12-17-8-5-11-27-17)20(26)14-28-13-16-6-3-2-4-7-16/h2-4,6-7,9-10,17H,5,8,11-14H2,1H3. The minimum absolute atomic E-state index is 0.0734. The van der Waals surface area contributed by atoms with E-state index in [1.807, 2.05) is 42.2 Å². The van der Waals surface area contributed by atoms with Crippen LogP contribution in [-0.4, -0.2) is 35.9 Å². The summed E-state index contributed by atoms with van der Waals surface area (Å²) in [7, 11) is 0. The van der Waals surface area contributed by atoms with Crippen molar-refractivity contribution < 1.29 is 9.53 Å². The zero-order valence-corrected chi connectivity index (χ0v) is 18.7. The highest BCUT2D eigenvalue weighted by molar-refractivity contribution is 7.99. The van der Waals surface area contributed by atoms with Gasteiger partial charge in [-0.25, -0.2) is 4.98 Å². The SMILES string of the molecule is Cc1c(Cl)ccc2sc(N(CC3CCCO3)C(=O)CSCc3ccccc3)nc12. The maximum atomic E-state index is 13.1. The van der Waals surface area contributed by atoms with Gasteiger partial charge in [-0.15, -0.1) is 11.8 Å². The fraction of sp³-hybridized carbons (Fsp3) is 0.364. The maximum absolute atomic E-state index is 13.1. The first-order valence-electron chi connectivity index (χ1n) is 9.71. The number of hydrogen-bond donors (Lipinski definition) is 0. The van der Waals surface area contributed by atoms with E-state index in [1.165, 1.54) is 5.56 Å². The first-order valence-corrected chi connectivity index (χ1v) is 12.1. The van der Waals surface area contributed by atoms with E-state index < -0.39 is 0 Å². The lowest BCUT2D eigenvalue weighted by Gasteiger charge is -2.23. The molecule has 1 atom stereocenters. The van der Waals surface area contributed by atoms with Crippen LogP contribution >= 0.6 is 34.7 Å². The van der Waals surface area contributed by atoms with E-state index in [0.29, 0.717) is 17.3 Å². The molecule has 1 amide bonds. The molecule has 1 aliphatic heterocycles. The third kappa shape index (κ3) is 4.94. The number of anilines is 1. The Bertz CT molecular complexity index is 987. The summed E-state index contributed by atoms with van der Waals surface area (Å²) < 4.78 is 6.85. The number of halogens is 1. The number of amides is 1. The van der Waals surface area contributed by atoms with Crippen molar-refractivity contribution in [2.75, 3.05) is 23.8 Å². The van der Waals surface area contributed by atoms with Crippen LogP contribution in [0.15, 0.2) is 42.5 Å². The van der Waals surface area contributed by atoms with Crippen LogP contribution in [0.5, 0.6) is 0 Å². The van der Waals surface area contributed by atoms with Crippen molar-refractivity contribution in [1.29, 1.82) is 0 Å². The van der Waals surface area contributed by atoms with Gasteiger partial charge in [0.1, 0.15) is 0 Å². The molecule has 29 heavy (non-hydrogen) atoms. The highest BCUT2D eigenvalue weighted by atomic mass is 35.5. The molecule has 1 fully saturated rings. The predicted molar refractivity (Wildman–Crippen MR) is 123 cm³/mol. The second kappa shape index (κ2) is 9.47. The molecule has 2 heterocycles. The fourth-order valence-corrected chi connectivity index (χ4v) is 5.46. The topological polar surface area (TPSA) is 42.4 Å². The number of rotatable bonds is 7. The average Bonchev–Trinajstić information content (AvgIpc) is 3.39. The molecule has 4 rings (SSSR count). The second-order valence-electron chi connectivity index (χ2n) is 7.13. The summed E-state index contributed by atoms with van der Waals surface area (Å²) in [5.74, 6) is 1.30. The zero-order valence-electron chi connectivity index (χ0n) is 16.3. The average molecular weight is 447 g/mol. The lowest BCUT2D eigenvalue weighted by Crippen LogP contribution is -2.38. The monoisotopic (exact) mass is 446 g/mol. The lowest BCUT2D eigenvalue weighted by molar-refractivity contribution is -0.116. The van der Waals surface area contributed by atoms with E-state index in [4.69, 9.17) is 21.3 Å². The summed E-state index contributed by atoms with van der Waals surface area (Å²) in [6.45, 7) is 3.29. The number of thioether (sulfide) groups is 1. The van der Waals surface area contributed by atoms with Crippen molar-refractivity contribution in [3.63, 3.8) is 0 Å². The predicted octanol–water partition coefficient (Wildman–Crippen LogP) is 5.70. The number of nitrogens with zero attached hydrogens (tertiary/aromatic N) is 2. The van der Waals surface area contributed by atoms with E-state index in [2.05, 4.69) is 12.1 Å². The Labute approximate surface area is 184 Å². The molecule has 1 aliphatic rings. The fourth-order valence-electron chi connectivity index (χ4n) is 3.39. The Morgan fingerprint density at radius 3 is 2.90 bits per heavy atom. The summed E-state index contributed by atoms with van der Waals surface area (Å²) >= 11 is 9.44. The molecule has 0 N–H and O–H groups in total. The van der Waals surface area contributed by atoms with Gasteiger partial charge in [-0.05, 0) is 43.0 Å². The van der Waals surface area contributed by atoms with Gasteiger partial charge in [-0.2, -0.15) is 0 Å². The van der Waals surface area contributed by atoms with Gasteiger partial charge in [0.15, 0.2) is 5.13 Å². The molecule has 2 aromatic carbocycles. The number of thiazole rings is 1. The number of fused-ring (bicyclic) bond motifs is 1. The molecule has 152 valence electrons. The van der Waals surface area contributed by atoms with Gasteiger partial charge in [-0.1, -0.05) is 53.3 Å². The number of hydrogen-bond acceptors (Lipinski definition) is 5. The van der Waals surface area contributed by atoms with Crippen LogP contribution in [0.25, 0.3) is 10.2 Å². The van der Waals surface area contributed by atoms with Crippen LogP contribution in [0, 0.1) is 6.92 Å². The van der Waals surface area contributed by atoms with Gasteiger partial charge in [0.25, 0.3) is 0 Å². The van der Waals surface area contributed by atoms with Gasteiger partial charge >= 0.3 is 0 Å². The molecule has 0 bridgehead atoms. The Hall–Kier alpha value is -1.60. The largest absolute Gasteiger partial charge is 0.376 e. The molecule has 0 aliphatic carbocycles. The van der Waals surface area contributed by atoms with E-state index in [9.17, 15) is 4.79 Å². The molecule has 0 spiro atoms. The number of carbonyl (C=O) groups excluding carboxylic acids is 1. The summed E-state index contributed by atoms with van der Waals surface area (Å²) in [6.07, 6.45) is 2.11. The van der Waals surface area contributed by atoms with Crippen molar-refractivity contribution in [3.8, 4) is 0 Å². The van der Waals surface area contributed by atoms with Crippen molar-refractivity contribution in [3.05, 3.63) is 58.6 Å². The van der Waals surface area contributed by atoms with Crippen molar-refractivity contribution in [2.24, 2.45) is 0 Å². The normalized spacial score (nSPS) is 16.4. The molecule has 0 radical (unpaired) electrons. The molecule has 3 aromatic rings. The highest BCUT2D eigenvalue weighted by Crippen LogP contribution is 2.34. The lowest BCUT2D eigenvalue weighted by atomic mass is 10.2. The molecular weight excluding hydrogens is 424 g/mol. The number of benzene rings is 2. The van der Waals surface area contributed by atoms with Crippen LogP contribution in [0.2, 0.25) is 5.02 Å². The van der Waals surface area contributed by atoms with Crippen LogP contribution in [0.3, 0.4) is 0 Å². The zero-order chi connectivity index (χ0) is 20.2. The Kier molecular flexibility index (Phi) is 6.75. The first kappa shape index (κ1) is 20.7. The minimum Gasteiger partial charge on any atom is -0.376 e. The quantitative estimate of drug-likeness (QED) is 0.466. The van der Waals surface area contributed by atoms with Gasteiger partial charge in [0.2, 0.25) is 5.91 Å². The molecule has 7 heteroatoms. The van der Waals surface area contributed by atoms with Gasteiger partial charge in [-0.3, -0.25) is 9.69 Å². The van der Waals surface area contributed by atoms with Crippen molar-refractivity contribution in [1.82, 2.24) is 4.98 Å². The molecule has 0 saturated carbocycles. The molecule has 1 unspecified atom stereocenters. The third-order valence-corrected chi connectivity index (χ3v) is 7.46. The minimum atomic E-state index is 0.0734.